The average Bonchev–Trinajstić information content (AvgIpc) is 2.34. The molecule has 1 heterocycles. The van der Waals surface area contributed by atoms with Gasteiger partial charge in [0.15, 0.2) is 0 Å². The van der Waals surface area contributed by atoms with Crippen molar-refractivity contribution in [3.05, 3.63) is 57.8 Å². The monoisotopic (exact) mass is 304 g/mol. The normalized spacial score (nSPS) is 10.2. The summed E-state index contributed by atoms with van der Waals surface area (Å²) in [5.74, 6) is -0.155. The first-order valence-electron chi connectivity index (χ1n) is 5.55. The Labute approximate surface area is 114 Å². The van der Waals surface area contributed by atoms with E-state index in [1.54, 1.807) is 12.4 Å². The molecule has 3 nitrogen and oxygen atoms in total. The third-order valence-corrected chi connectivity index (χ3v) is 3.20. The minimum atomic E-state index is -0.155. The van der Waals surface area contributed by atoms with Crippen LogP contribution in [0.15, 0.2) is 41.1 Å². The fourth-order valence-corrected chi connectivity index (χ4v) is 1.95. The van der Waals surface area contributed by atoms with Gasteiger partial charge in [-0.15, -0.1) is 0 Å². The number of hydrogen-bond acceptors (Lipinski definition) is 2. The summed E-state index contributed by atoms with van der Waals surface area (Å²) < 4.78 is 0.863. The van der Waals surface area contributed by atoms with Crippen molar-refractivity contribution in [3.8, 4) is 0 Å². The zero-order valence-electron chi connectivity index (χ0n) is 10.2. The number of carbonyl (C=O) groups excluding carboxylic acids is 1. The second-order valence-electron chi connectivity index (χ2n) is 4.19. The number of nitrogens with one attached hydrogen (secondary N) is 1. The van der Waals surface area contributed by atoms with Gasteiger partial charge in [-0.1, -0.05) is 6.07 Å². The molecule has 1 amide bonds. The number of pyridine rings is 1. The van der Waals surface area contributed by atoms with E-state index in [0.717, 1.165) is 21.3 Å². The zero-order valence-corrected chi connectivity index (χ0v) is 11.8. The molecule has 1 aromatic heterocycles. The van der Waals surface area contributed by atoms with Gasteiger partial charge >= 0.3 is 0 Å². The van der Waals surface area contributed by atoms with Gasteiger partial charge in [-0.3, -0.25) is 9.78 Å². The first-order chi connectivity index (χ1) is 8.56. The third-order valence-electron chi connectivity index (χ3n) is 2.51. The van der Waals surface area contributed by atoms with E-state index in [0.29, 0.717) is 5.56 Å². The van der Waals surface area contributed by atoms with Gasteiger partial charge in [0.1, 0.15) is 0 Å². The van der Waals surface area contributed by atoms with Crippen LogP contribution < -0.4 is 5.32 Å². The maximum atomic E-state index is 12.1. The Kier molecular flexibility index (Phi) is 3.77. The van der Waals surface area contributed by atoms with E-state index in [2.05, 4.69) is 26.2 Å². The summed E-state index contributed by atoms with van der Waals surface area (Å²) in [4.78, 5) is 16.1. The highest BCUT2D eigenvalue weighted by Crippen LogP contribution is 2.23. The van der Waals surface area contributed by atoms with Crippen LogP contribution >= 0.6 is 15.9 Å². The minimum Gasteiger partial charge on any atom is -0.321 e. The molecule has 0 bridgehead atoms. The molecule has 92 valence electrons. The highest BCUT2D eigenvalue weighted by molar-refractivity contribution is 9.10. The first-order valence-corrected chi connectivity index (χ1v) is 6.35. The number of halogens is 1. The Morgan fingerprint density at radius 3 is 2.67 bits per heavy atom. The quantitative estimate of drug-likeness (QED) is 0.919. The standard InChI is InChI=1S/C14H13BrN2O/c1-9-3-4-12(15)13(6-9)17-14(18)11-5-10(2)7-16-8-11/h3-8H,1-2H3,(H,17,18). The van der Waals surface area contributed by atoms with Crippen LogP contribution in [0.1, 0.15) is 21.5 Å². The van der Waals surface area contributed by atoms with Crippen molar-refractivity contribution in [2.75, 3.05) is 5.32 Å². The highest BCUT2D eigenvalue weighted by atomic mass is 79.9. The number of benzene rings is 1. The molecular weight excluding hydrogens is 292 g/mol. The number of anilines is 1. The van der Waals surface area contributed by atoms with Crippen LogP contribution in [0.2, 0.25) is 0 Å². The largest absolute Gasteiger partial charge is 0.321 e. The Bertz CT molecular complexity index is 596. The molecule has 0 saturated carbocycles. The maximum Gasteiger partial charge on any atom is 0.257 e. The summed E-state index contributed by atoms with van der Waals surface area (Å²) in [6.07, 6.45) is 3.28. The lowest BCUT2D eigenvalue weighted by Gasteiger charge is -2.08. The van der Waals surface area contributed by atoms with Crippen LogP contribution in [-0.4, -0.2) is 10.9 Å². The number of rotatable bonds is 2. The molecule has 0 atom stereocenters. The predicted molar refractivity (Wildman–Crippen MR) is 75.8 cm³/mol. The SMILES string of the molecule is Cc1cncc(C(=O)Nc2cc(C)ccc2Br)c1. The molecule has 2 rings (SSSR count). The number of carbonyl (C=O) groups is 1. The molecule has 0 radical (unpaired) electrons. The van der Waals surface area contributed by atoms with Gasteiger partial charge in [-0.2, -0.15) is 0 Å². The predicted octanol–water partition coefficient (Wildman–Crippen LogP) is 3.71. The summed E-state index contributed by atoms with van der Waals surface area (Å²) >= 11 is 3.42. The molecule has 0 aliphatic carbocycles. The number of aryl methyl sites for hydroxylation is 2. The lowest BCUT2D eigenvalue weighted by Crippen LogP contribution is -2.12. The summed E-state index contributed by atoms with van der Waals surface area (Å²) in [6, 6.07) is 7.63. The second-order valence-corrected chi connectivity index (χ2v) is 5.04. The molecule has 0 unspecified atom stereocenters. The van der Waals surface area contributed by atoms with Crippen molar-refractivity contribution < 1.29 is 4.79 Å². The fourth-order valence-electron chi connectivity index (χ4n) is 1.61. The number of aromatic nitrogens is 1. The maximum absolute atomic E-state index is 12.1. The average molecular weight is 305 g/mol. The second kappa shape index (κ2) is 5.31. The van der Waals surface area contributed by atoms with Crippen LogP contribution in [0.3, 0.4) is 0 Å². The van der Waals surface area contributed by atoms with E-state index in [-0.39, 0.29) is 5.91 Å². The Morgan fingerprint density at radius 1 is 1.17 bits per heavy atom. The Hall–Kier alpha value is -1.68. The van der Waals surface area contributed by atoms with E-state index in [1.807, 2.05) is 38.1 Å². The molecule has 2 aromatic rings. The van der Waals surface area contributed by atoms with Gasteiger partial charge in [0, 0.05) is 16.9 Å². The topological polar surface area (TPSA) is 42.0 Å². The first kappa shape index (κ1) is 12.8. The molecule has 18 heavy (non-hydrogen) atoms. The number of hydrogen-bond donors (Lipinski definition) is 1. The summed E-state index contributed by atoms with van der Waals surface area (Å²) in [5.41, 5.74) is 3.38. The third kappa shape index (κ3) is 2.96. The summed E-state index contributed by atoms with van der Waals surface area (Å²) in [5, 5.41) is 2.87. The minimum absolute atomic E-state index is 0.155. The van der Waals surface area contributed by atoms with Gasteiger partial charge in [0.05, 0.1) is 11.3 Å². The van der Waals surface area contributed by atoms with Crippen molar-refractivity contribution in [2.24, 2.45) is 0 Å². The molecule has 1 N–H and O–H groups in total. The molecule has 1 aromatic carbocycles. The van der Waals surface area contributed by atoms with Gasteiger partial charge in [-0.25, -0.2) is 0 Å². The van der Waals surface area contributed by atoms with Gasteiger partial charge in [-0.05, 0) is 59.1 Å². The molecule has 0 saturated heterocycles. The van der Waals surface area contributed by atoms with Crippen LogP contribution in [0.4, 0.5) is 5.69 Å². The Balaban J connectivity index is 2.24. The van der Waals surface area contributed by atoms with E-state index in [9.17, 15) is 4.79 Å². The zero-order chi connectivity index (χ0) is 13.1. The van der Waals surface area contributed by atoms with Gasteiger partial charge in [0.2, 0.25) is 0 Å². The van der Waals surface area contributed by atoms with Crippen LogP contribution in [0.5, 0.6) is 0 Å². The molecule has 0 aliphatic rings. The van der Waals surface area contributed by atoms with Crippen LogP contribution in [-0.2, 0) is 0 Å². The molecule has 0 fully saturated rings. The lowest BCUT2D eigenvalue weighted by atomic mass is 10.2. The van der Waals surface area contributed by atoms with Gasteiger partial charge in [0.25, 0.3) is 5.91 Å². The smallest absolute Gasteiger partial charge is 0.257 e. The van der Waals surface area contributed by atoms with E-state index < -0.39 is 0 Å². The van der Waals surface area contributed by atoms with Crippen LogP contribution in [0.25, 0.3) is 0 Å². The number of amides is 1. The Morgan fingerprint density at radius 2 is 1.94 bits per heavy atom. The van der Waals surface area contributed by atoms with E-state index in [4.69, 9.17) is 0 Å². The van der Waals surface area contributed by atoms with Crippen molar-refractivity contribution in [3.63, 3.8) is 0 Å². The van der Waals surface area contributed by atoms with E-state index >= 15 is 0 Å². The van der Waals surface area contributed by atoms with Crippen molar-refractivity contribution in [1.29, 1.82) is 0 Å². The van der Waals surface area contributed by atoms with E-state index in [1.165, 1.54) is 0 Å². The number of nitrogens with zero attached hydrogens (tertiary/aromatic N) is 1. The molecule has 0 aliphatic heterocycles. The van der Waals surface area contributed by atoms with Crippen molar-refractivity contribution >= 4 is 27.5 Å². The summed E-state index contributed by atoms with van der Waals surface area (Å²) in [7, 11) is 0. The van der Waals surface area contributed by atoms with Gasteiger partial charge < -0.3 is 5.32 Å². The molecule has 0 spiro atoms. The van der Waals surface area contributed by atoms with Crippen molar-refractivity contribution in [2.45, 2.75) is 13.8 Å². The molecular formula is C14H13BrN2O. The fraction of sp³-hybridized carbons (Fsp3) is 0.143. The van der Waals surface area contributed by atoms with Crippen LogP contribution in [0, 0.1) is 13.8 Å². The van der Waals surface area contributed by atoms with Crippen molar-refractivity contribution in [1.82, 2.24) is 4.98 Å². The lowest BCUT2D eigenvalue weighted by molar-refractivity contribution is 0.102. The molecule has 4 heteroatoms. The highest BCUT2D eigenvalue weighted by Gasteiger charge is 2.08. The summed E-state index contributed by atoms with van der Waals surface area (Å²) in [6.45, 7) is 3.89.